The number of carbonyl (C=O) groups is 1. The zero-order chi connectivity index (χ0) is 18.3. The monoisotopic (exact) mass is 377 g/mol. The van der Waals surface area contributed by atoms with Crippen molar-refractivity contribution in [1.29, 1.82) is 0 Å². The topological polar surface area (TPSA) is 83.7 Å². The van der Waals surface area contributed by atoms with Gasteiger partial charge in [0, 0.05) is 44.3 Å². The predicted octanol–water partition coefficient (Wildman–Crippen LogP) is 0.726. The lowest BCUT2D eigenvalue weighted by Gasteiger charge is -2.26. The average Bonchev–Trinajstić information content (AvgIpc) is 3.19. The Morgan fingerprint density at radius 1 is 1.15 bits per heavy atom. The second-order valence-electron chi connectivity index (χ2n) is 8.00. The van der Waals surface area contributed by atoms with E-state index in [0.717, 1.165) is 37.1 Å². The maximum absolute atomic E-state index is 12.9. The first-order chi connectivity index (χ1) is 12.4. The largest absolute Gasteiger partial charge is 0.338 e. The van der Waals surface area contributed by atoms with Gasteiger partial charge in [-0.05, 0) is 42.4 Å². The average molecular weight is 378 g/mol. The number of likely N-dealkylation sites (tertiary alicyclic amines) is 1. The Hall–Kier alpha value is -1.44. The minimum Gasteiger partial charge on any atom is -0.338 e. The molecular weight excluding hydrogens is 350 g/mol. The molecule has 3 fully saturated rings. The van der Waals surface area contributed by atoms with Crippen LogP contribution in [0, 0.1) is 11.8 Å². The first kappa shape index (κ1) is 17.9. The van der Waals surface area contributed by atoms with Gasteiger partial charge < -0.3 is 10.6 Å². The van der Waals surface area contributed by atoms with Crippen LogP contribution in [0.2, 0.25) is 0 Å². The van der Waals surface area contributed by atoms with Crippen LogP contribution in [0.15, 0.2) is 24.3 Å². The highest BCUT2D eigenvalue weighted by Crippen LogP contribution is 2.37. The third-order valence-corrected chi connectivity index (χ3v) is 7.83. The minimum absolute atomic E-state index is 0.0923. The number of carbonyl (C=O) groups excluding carboxylic acids is 1. The van der Waals surface area contributed by atoms with Gasteiger partial charge in [-0.2, -0.15) is 0 Å². The van der Waals surface area contributed by atoms with Gasteiger partial charge in [0.25, 0.3) is 5.91 Å². The van der Waals surface area contributed by atoms with E-state index in [2.05, 4.69) is 4.90 Å². The Morgan fingerprint density at radius 3 is 2.65 bits per heavy atom. The van der Waals surface area contributed by atoms with Crippen LogP contribution >= 0.6 is 0 Å². The van der Waals surface area contributed by atoms with Crippen LogP contribution in [0.25, 0.3) is 0 Å². The summed E-state index contributed by atoms with van der Waals surface area (Å²) in [5.41, 5.74) is 7.97. The SMILES string of the molecule is NC1CCC2CN(C(=O)c3cccc(CN4CCS(=O)(=O)CC4)c3)CC12. The fourth-order valence-electron chi connectivity index (χ4n) is 4.63. The first-order valence-corrected chi connectivity index (χ1v) is 11.3. The van der Waals surface area contributed by atoms with Crippen molar-refractivity contribution >= 4 is 15.7 Å². The Bertz CT molecular complexity index is 781. The van der Waals surface area contributed by atoms with Gasteiger partial charge in [0.05, 0.1) is 11.5 Å². The zero-order valence-corrected chi connectivity index (χ0v) is 15.8. The van der Waals surface area contributed by atoms with Crippen LogP contribution in [0.5, 0.6) is 0 Å². The van der Waals surface area contributed by atoms with E-state index in [4.69, 9.17) is 5.73 Å². The van der Waals surface area contributed by atoms with Gasteiger partial charge >= 0.3 is 0 Å². The molecule has 2 saturated heterocycles. The summed E-state index contributed by atoms with van der Waals surface area (Å²) >= 11 is 0. The van der Waals surface area contributed by atoms with E-state index in [9.17, 15) is 13.2 Å². The van der Waals surface area contributed by atoms with Gasteiger partial charge in [-0.15, -0.1) is 0 Å². The summed E-state index contributed by atoms with van der Waals surface area (Å²) in [6.45, 7) is 3.42. The summed E-state index contributed by atoms with van der Waals surface area (Å²) in [7, 11) is -2.87. The van der Waals surface area contributed by atoms with Crippen molar-refractivity contribution in [1.82, 2.24) is 9.80 Å². The number of amides is 1. The molecule has 142 valence electrons. The normalized spacial score (nSPS) is 31.1. The van der Waals surface area contributed by atoms with Crippen LogP contribution in [0.3, 0.4) is 0 Å². The second-order valence-corrected chi connectivity index (χ2v) is 10.3. The van der Waals surface area contributed by atoms with E-state index in [-0.39, 0.29) is 23.5 Å². The summed E-state index contributed by atoms with van der Waals surface area (Å²) in [5, 5.41) is 0. The molecule has 2 aliphatic heterocycles. The van der Waals surface area contributed by atoms with Crippen molar-refractivity contribution in [3.05, 3.63) is 35.4 Å². The highest BCUT2D eigenvalue weighted by molar-refractivity contribution is 7.91. The molecule has 1 saturated carbocycles. The molecule has 6 nitrogen and oxygen atoms in total. The summed E-state index contributed by atoms with van der Waals surface area (Å²) in [6, 6.07) is 8.00. The molecule has 3 atom stereocenters. The minimum atomic E-state index is -2.87. The summed E-state index contributed by atoms with van der Waals surface area (Å²) < 4.78 is 23.1. The third-order valence-electron chi connectivity index (χ3n) is 6.22. The molecular formula is C19H27N3O3S. The van der Waals surface area contributed by atoms with Gasteiger partial charge in [-0.3, -0.25) is 9.69 Å². The predicted molar refractivity (Wildman–Crippen MR) is 100 cm³/mol. The second kappa shape index (κ2) is 6.94. The lowest BCUT2D eigenvalue weighted by molar-refractivity contribution is 0.0779. The molecule has 0 aromatic heterocycles. The van der Waals surface area contributed by atoms with Gasteiger partial charge in [-0.1, -0.05) is 12.1 Å². The maximum atomic E-state index is 12.9. The lowest BCUT2D eigenvalue weighted by Crippen LogP contribution is -2.39. The number of fused-ring (bicyclic) bond motifs is 1. The molecule has 7 heteroatoms. The van der Waals surface area contributed by atoms with Crippen LogP contribution in [-0.2, 0) is 16.4 Å². The molecule has 2 N–H and O–H groups in total. The number of nitrogens with zero attached hydrogens (tertiary/aromatic N) is 2. The zero-order valence-electron chi connectivity index (χ0n) is 15.0. The maximum Gasteiger partial charge on any atom is 0.253 e. The molecule has 1 aromatic rings. The van der Waals surface area contributed by atoms with E-state index in [1.807, 2.05) is 29.2 Å². The van der Waals surface area contributed by atoms with Gasteiger partial charge in [0.15, 0.2) is 9.84 Å². The van der Waals surface area contributed by atoms with Crippen molar-refractivity contribution in [2.24, 2.45) is 17.6 Å². The summed E-state index contributed by atoms with van der Waals surface area (Å²) in [5.74, 6) is 1.56. The van der Waals surface area contributed by atoms with Crippen LogP contribution in [0.4, 0.5) is 0 Å². The number of hydrogen-bond donors (Lipinski definition) is 1. The fraction of sp³-hybridized carbons (Fsp3) is 0.632. The number of hydrogen-bond acceptors (Lipinski definition) is 5. The molecule has 3 aliphatic rings. The van der Waals surface area contributed by atoms with E-state index in [0.29, 0.717) is 31.5 Å². The van der Waals surface area contributed by atoms with E-state index < -0.39 is 9.84 Å². The lowest BCUT2D eigenvalue weighted by atomic mass is 9.98. The van der Waals surface area contributed by atoms with Gasteiger partial charge in [0.1, 0.15) is 0 Å². The van der Waals surface area contributed by atoms with Crippen LogP contribution < -0.4 is 5.73 Å². The number of benzene rings is 1. The van der Waals surface area contributed by atoms with Crippen molar-refractivity contribution < 1.29 is 13.2 Å². The Morgan fingerprint density at radius 2 is 1.92 bits per heavy atom. The fourth-order valence-corrected chi connectivity index (χ4v) is 5.90. The highest BCUT2D eigenvalue weighted by Gasteiger charge is 2.42. The van der Waals surface area contributed by atoms with Crippen molar-refractivity contribution in [3.63, 3.8) is 0 Å². The summed E-state index contributed by atoms with van der Waals surface area (Å²) in [4.78, 5) is 17.0. The molecule has 3 unspecified atom stereocenters. The highest BCUT2D eigenvalue weighted by atomic mass is 32.2. The molecule has 1 aliphatic carbocycles. The molecule has 1 aromatic carbocycles. The Balaban J connectivity index is 1.40. The molecule has 0 radical (unpaired) electrons. The van der Waals surface area contributed by atoms with E-state index in [1.165, 1.54) is 0 Å². The Kier molecular flexibility index (Phi) is 4.79. The molecule has 0 spiro atoms. The molecule has 1 amide bonds. The van der Waals surface area contributed by atoms with Crippen molar-refractivity contribution in [2.45, 2.75) is 25.4 Å². The number of rotatable bonds is 3. The van der Waals surface area contributed by atoms with E-state index in [1.54, 1.807) is 0 Å². The number of nitrogens with two attached hydrogens (primary N) is 1. The third kappa shape index (κ3) is 3.66. The quantitative estimate of drug-likeness (QED) is 0.839. The molecule has 2 heterocycles. The number of sulfone groups is 1. The first-order valence-electron chi connectivity index (χ1n) is 9.48. The van der Waals surface area contributed by atoms with Crippen LogP contribution in [0.1, 0.15) is 28.8 Å². The van der Waals surface area contributed by atoms with Crippen molar-refractivity contribution in [2.75, 3.05) is 37.7 Å². The van der Waals surface area contributed by atoms with Gasteiger partial charge in [0.2, 0.25) is 0 Å². The smallest absolute Gasteiger partial charge is 0.253 e. The van der Waals surface area contributed by atoms with Gasteiger partial charge in [-0.25, -0.2) is 8.42 Å². The van der Waals surface area contributed by atoms with Crippen LogP contribution in [-0.4, -0.2) is 67.9 Å². The molecule has 26 heavy (non-hydrogen) atoms. The molecule has 4 rings (SSSR count). The standard InChI is InChI=1S/C19H27N3O3S/c20-18-5-4-16-12-22(13-17(16)18)19(23)15-3-1-2-14(10-15)11-21-6-8-26(24,25)9-7-21/h1-3,10,16-18H,4-9,11-13,20H2. The molecule has 0 bridgehead atoms. The summed E-state index contributed by atoms with van der Waals surface area (Å²) in [6.07, 6.45) is 2.21. The Labute approximate surface area is 155 Å². The van der Waals surface area contributed by atoms with Crippen molar-refractivity contribution in [3.8, 4) is 0 Å². The van der Waals surface area contributed by atoms with E-state index >= 15 is 0 Å².